The Morgan fingerprint density at radius 1 is 0.952 bits per heavy atom. The van der Waals surface area contributed by atoms with Gasteiger partial charge in [0.15, 0.2) is 5.75 Å². The van der Waals surface area contributed by atoms with Crippen LogP contribution in [0.3, 0.4) is 0 Å². The Morgan fingerprint density at radius 3 is 2.21 bits per heavy atom. The van der Waals surface area contributed by atoms with E-state index in [-0.39, 0.29) is 28.6 Å². The van der Waals surface area contributed by atoms with Crippen molar-refractivity contribution in [2.75, 3.05) is 17.3 Å². The van der Waals surface area contributed by atoms with Crippen LogP contribution in [0.2, 0.25) is 0 Å². The minimum atomic E-state index is -4.03. The van der Waals surface area contributed by atoms with Gasteiger partial charge in [-0.1, -0.05) is 30.3 Å². The number of hydrogen-bond acceptors (Lipinski definition) is 9. The highest BCUT2D eigenvalue weighted by Crippen LogP contribution is 2.39. The fraction of sp³-hybridized carbons (Fsp3) is 0.179. The Bertz CT molecular complexity index is 2030. The SMILES string of the molecule is CC(=O)Nc1ccc(-c2nc(-c3cc(OS(C)(=O)=O)c4nc(N)n(S(=O)(=O)C(C)C)c4c3)c(-c3ccccc3)[nH]2)cc1. The second-order valence-corrected chi connectivity index (χ2v) is 13.8. The highest BCUT2D eigenvalue weighted by Gasteiger charge is 2.28. The molecule has 0 saturated heterocycles. The Morgan fingerprint density at radius 2 is 1.62 bits per heavy atom. The van der Waals surface area contributed by atoms with Gasteiger partial charge in [-0.15, -0.1) is 0 Å². The number of hydrogen-bond donors (Lipinski definition) is 3. The molecule has 0 atom stereocenters. The number of rotatable bonds is 8. The van der Waals surface area contributed by atoms with E-state index in [1.807, 2.05) is 30.3 Å². The predicted molar refractivity (Wildman–Crippen MR) is 162 cm³/mol. The molecule has 218 valence electrons. The lowest BCUT2D eigenvalue weighted by Crippen LogP contribution is -2.23. The third-order valence-corrected chi connectivity index (χ3v) is 8.88. The molecule has 0 aliphatic heterocycles. The maximum Gasteiger partial charge on any atom is 0.306 e. The average molecular weight is 609 g/mol. The number of aromatic amines is 1. The molecule has 0 saturated carbocycles. The zero-order valence-electron chi connectivity index (χ0n) is 23.1. The minimum absolute atomic E-state index is 0.0310. The van der Waals surface area contributed by atoms with Gasteiger partial charge < -0.3 is 20.2 Å². The minimum Gasteiger partial charge on any atom is -0.380 e. The summed E-state index contributed by atoms with van der Waals surface area (Å²) >= 11 is 0. The molecule has 0 unspecified atom stereocenters. The summed E-state index contributed by atoms with van der Waals surface area (Å²) in [5.41, 5.74) is 9.52. The number of H-pyrrole nitrogens is 1. The fourth-order valence-electron chi connectivity index (χ4n) is 4.43. The normalized spacial score (nSPS) is 12.1. The molecule has 2 aromatic heterocycles. The summed E-state index contributed by atoms with van der Waals surface area (Å²) in [6.07, 6.45) is 0.878. The Kier molecular flexibility index (Phi) is 7.28. The summed E-state index contributed by atoms with van der Waals surface area (Å²) in [7, 11) is -8.03. The van der Waals surface area contributed by atoms with Crippen LogP contribution in [0.5, 0.6) is 5.75 Å². The highest BCUT2D eigenvalue weighted by atomic mass is 32.2. The second kappa shape index (κ2) is 10.6. The summed E-state index contributed by atoms with van der Waals surface area (Å²) in [5, 5.41) is 1.87. The van der Waals surface area contributed by atoms with Crippen LogP contribution < -0.4 is 15.2 Å². The van der Waals surface area contributed by atoms with Crippen LogP contribution >= 0.6 is 0 Å². The number of benzene rings is 3. The van der Waals surface area contributed by atoms with Gasteiger partial charge in [0.1, 0.15) is 11.3 Å². The van der Waals surface area contributed by atoms with E-state index in [1.54, 1.807) is 30.3 Å². The molecular weight excluding hydrogens is 580 g/mol. The van der Waals surface area contributed by atoms with Crippen molar-refractivity contribution in [1.82, 2.24) is 18.9 Å². The van der Waals surface area contributed by atoms with Gasteiger partial charge in [-0.3, -0.25) is 4.79 Å². The van der Waals surface area contributed by atoms with E-state index in [9.17, 15) is 21.6 Å². The molecule has 2 heterocycles. The molecule has 4 N–H and O–H groups in total. The molecule has 0 aliphatic rings. The lowest BCUT2D eigenvalue weighted by atomic mass is 10.0. The molecule has 5 rings (SSSR count). The van der Waals surface area contributed by atoms with Gasteiger partial charge in [-0.2, -0.15) is 8.42 Å². The van der Waals surface area contributed by atoms with Crippen molar-refractivity contribution in [2.24, 2.45) is 0 Å². The monoisotopic (exact) mass is 608 g/mol. The largest absolute Gasteiger partial charge is 0.380 e. The molecule has 1 amide bonds. The molecule has 0 radical (unpaired) electrons. The van der Waals surface area contributed by atoms with Crippen LogP contribution in [0, 0.1) is 0 Å². The van der Waals surface area contributed by atoms with Crippen LogP contribution in [0.1, 0.15) is 20.8 Å². The van der Waals surface area contributed by atoms with Gasteiger partial charge in [0.05, 0.1) is 28.4 Å². The molecule has 0 spiro atoms. The highest BCUT2D eigenvalue weighted by molar-refractivity contribution is 7.90. The third kappa shape index (κ3) is 5.58. The van der Waals surface area contributed by atoms with Crippen molar-refractivity contribution in [3.8, 4) is 39.7 Å². The number of aromatic nitrogens is 4. The summed E-state index contributed by atoms with van der Waals surface area (Å²) in [6, 6.07) is 19.4. The first kappa shape index (κ1) is 28.8. The van der Waals surface area contributed by atoms with Crippen molar-refractivity contribution in [3.05, 3.63) is 66.7 Å². The topological polar surface area (TPSA) is 179 Å². The van der Waals surface area contributed by atoms with E-state index in [2.05, 4.69) is 15.3 Å². The number of imidazole rings is 2. The van der Waals surface area contributed by atoms with Crippen LogP contribution in [0.15, 0.2) is 66.7 Å². The number of anilines is 2. The molecule has 3 aromatic carbocycles. The number of nitrogens with zero attached hydrogens (tertiary/aromatic N) is 3. The quantitative estimate of drug-likeness (QED) is 0.217. The predicted octanol–water partition coefficient (Wildman–Crippen LogP) is 4.23. The molecule has 0 bridgehead atoms. The molecule has 0 fully saturated rings. The van der Waals surface area contributed by atoms with Crippen molar-refractivity contribution >= 4 is 48.7 Å². The standard InChI is InChI=1S/C28H28N6O6S2/c1-16(2)42(38,39)34-22-14-20(15-23(40-41(4,36)37)26(22)33-28(34)29)25-24(18-8-6-5-7-9-18)31-27(32-25)19-10-12-21(13-11-19)30-17(3)35/h5-16H,1-4H3,(H2,29,33)(H,30,35)(H,31,32). The molecule has 42 heavy (non-hydrogen) atoms. The van der Waals surface area contributed by atoms with Gasteiger partial charge in [0.25, 0.3) is 0 Å². The lowest BCUT2D eigenvalue weighted by molar-refractivity contribution is -0.114. The summed E-state index contributed by atoms with van der Waals surface area (Å²) < 4.78 is 57.1. The summed E-state index contributed by atoms with van der Waals surface area (Å²) in [5.74, 6) is -0.250. The van der Waals surface area contributed by atoms with Gasteiger partial charge in [-0.25, -0.2) is 22.4 Å². The van der Waals surface area contributed by atoms with Crippen molar-refractivity contribution in [2.45, 2.75) is 26.0 Å². The van der Waals surface area contributed by atoms with Crippen molar-refractivity contribution in [1.29, 1.82) is 0 Å². The Balaban J connectivity index is 1.78. The van der Waals surface area contributed by atoms with E-state index in [0.29, 0.717) is 34.0 Å². The first-order valence-corrected chi connectivity index (χ1v) is 16.1. The Hall–Kier alpha value is -4.69. The van der Waals surface area contributed by atoms with Crippen LogP contribution in [0.4, 0.5) is 11.6 Å². The number of nitrogens with two attached hydrogens (primary N) is 1. The summed E-state index contributed by atoms with van der Waals surface area (Å²) in [4.78, 5) is 23.8. The van der Waals surface area contributed by atoms with E-state index in [1.165, 1.54) is 26.8 Å². The van der Waals surface area contributed by atoms with Crippen molar-refractivity contribution < 1.29 is 25.8 Å². The second-order valence-electron chi connectivity index (χ2n) is 9.89. The summed E-state index contributed by atoms with van der Waals surface area (Å²) in [6.45, 7) is 4.43. The molecular formula is C28H28N6O6S2. The number of amides is 1. The zero-order chi connectivity index (χ0) is 30.4. The first-order chi connectivity index (χ1) is 19.7. The van der Waals surface area contributed by atoms with E-state index in [0.717, 1.165) is 15.8 Å². The van der Waals surface area contributed by atoms with E-state index < -0.39 is 25.4 Å². The third-order valence-electron chi connectivity index (χ3n) is 6.32. The number of carbonyl (C=O) groups excluding carboxylic acids is 1. The van der Waals surface area contributed by atoms with Crippen molar-refractivity contribution in [3.63, 3.8) is 0 Å². The number of nitrogens with one attached hydrogen (secondary N) is 2. The van der Waals surface area contributed by atoms with E-state index in [4.69, 9.17) is 14.9 Å². The Labute approximate surface area is 242 Å². The van der Waals surface area contributed by atoms with Gasteiger partial charge in [0, 0.05) is 29.3 Å². The smallest absolute Gasteiger partial charge is 0.306 e. The number of nitrogen functional groups attached to an aromatic ring is 1. The first-order valence-electron chi connectivity index (χ1n) is 12.7. The van der Waals surface area contributed by atoms with Crippen LogP contribution in [0.25, 0.3) is 44.9 Å². The molecule has 0 aliphatic carbocycles. The average Bonchev–Trinajstić information content (AvgIpc) is 3.50. The maximum atomic E-state index is 13.3. The van der Waals surface area contributed by atoms with Gasteiger partial charge in [-0.05, 0) is 50.2 Å². The molecule has 14 heteroatoms. The van der Waals surface area contributed by atoms with Gasteiger partial charge >= 0.3 is 10.1 Å². The van der Waals surface area contributed by atoms with E-state index >= 15 is 0 Å². The van der Waals surface area contributed by atoms with Crippen LogP contribution in [-0.4, -0.2) is 53.2 Å². The molecule has 12 nitrogen and oxygen atoms in total. The lowest BCUT2D eigenvalue weighted by Gasteiger charge is -2.12. The zero-order valence-corrected chi connectivity index (χ0v) is 24.7. The number of carbonyl (C=O) groups is 1. The fourth-order valence-corrected chi connectivity index (χ4v) is 6.02. The van der Waals surface area contributed by atoms with Gasteiger partial charge in [0.2, 0.25) is 21.9 Å². The number of fused-ring (bicyclic) bond motifs is 1. The maximum absolute atomic E-state index is 13.3. The molecule has 5 aromatic rings. The van der Waals surface area contributed by atoms with Crippen LogP contribution in [-0.2, 0) is 24.9 Å².